The van der Waals surface area contributed by atoms with E-state index in [1.165, 1.54) is 20.1 Å². The lowest BCUT2D eigenvalue weighted by atomic mass is 10.1. The Balaban J connectivity index is 1.87. The molecule has 0 radical (unpaired) electrons. The monoisotopic (exact) mass is 362 g/mol. The molecule has 0 fully saturated rings. The second-order valence-corrected chi connectivity index (χ2v) is 5.65. The number of halogens is 1. The fourth-order valence-corrected chi connectivity index (χ4v) is 2.64. The average molecular weight is 363 g/mol. The first-order valence-corrected chi connectivity index (χ1v) is 7.72. The van der Waals surface area contributed by atoms with Crippen molar-refractivity contribution in [2.24, 2.45) is 0 Å². The largest absolute Gasteiger partial charge is 0.495 e. The van der Waals surface area contributed by atoms with Crippen LogP contribution in [0.3, 0.4) is 0 Å². The molecule has 0 saturated carbocycles. The molecule has 0 saturated heterocycles. The van der Waals surface area contributed by atoms with Crippen molar-refractivity contribution >= 4 is 34.8 Å². The third-order valence-electron chi connectivity index (χ3n) is 3.46. The second kappa shape index (κ2) is 6.90. The van der Waals surface area contributed by atoms with Gasteiger partial charge in [0.15, 0.2) is 11.5 Å². The minimum absolute atomic E-state index is 0.0622. The quantitative estimate of drug-likeness (QED) is 0.871. The number of methoxy groups -OCH3 is 1. The predicted molar refractivity (Wildman–Crippen MR) is 92.8 cm³/mol. The molecule has 7 nitrogen and oxygen atoms in total. The van der Waals surface area contributed by atoms with Gasteiger partial charge in [0.05, 0.1) is 17.8 Å². The minimum atomic E-state index is -0.404. The summed E-state index contributed by atoms with van der Waals surface area (Å²) < 4.78 is 15.7. The van der Waals surface area contributed by atoms with Gasteiger partial charge in [-0.05, 0) is 30.3 Å². The lowest BCUT2D eigenvalue weighted by Crippen LogP contribution is -2.13. The summed E-state index contributed by atoms with van der Waals surface area (Å²) in [4.78, 5) is 23.8. The van der Waals surface area contributed by atoms with Crippen LogP contribution in [0.2, 0.25) is 5.02 Å². The van der Waals surface area contributed by atoms with Gasteiger partial charge in [0.1, 0.15) is 5.75 Å². The molecule has 1 aliphatic rings. The molecule has 0 atom stereocenters. The van der Waals surface area contributed by atoms with E-state index in [2.05, 4.69) is 10.6 Å². The molecule has 2 amide bonds. The fraction of sp³-hybridized carbons (Fsp3) is 0.176. The summed E-state index contributed by atoms with van der Waals surface area (Å²) in [6.07, 6.45) is 0. The number of hydrogen-bond acceptors (Lipinski definition) is 5. The Morgan fingerprint density at radius 3 is 2.68 bits per heavy atom. The highest BCUT2D eigenvalue weighted by atomic mass is 35.5. The summed E-state index contributed by atoms with van der Waals surface area (Å²) in [5.74, 6) is 0.665. The number of hydrogen-bond donors (Lipinski definition) is 2. The third kappa shape index (κ3) is 3.61. The summed E-state index contributed by atoms with van der Waals surface area (Å²) in [6, 6.07) is 7.97. The van der Waals surface area contributed by atoms with Crippen molar-refractivity contribution in [1.29, 1.82) is 0 Å². The lowest BCUT2D eigenvalue weighted by Gasteiger charge is -2.13. The molecule has 1 heterocycles. The van der Waals surface area contributed by atoms with E-state index in [0.29, 0.717) is 39.2 Å². The minimum Gasteiger partial charge on any atom is -0.495 e. The van der Waals surface area contributed by atoms with Crippen molar-refractivity contribution in [3.8, 4) is 17.2 Å². The van der Waals surface area contributed by atoms with Crippen LogP contribution in [-0.2, 0) is 4.79 Å². The normalized spacial score (nSPS) is 11.8. The number of amides is 2. The number of benzene rings is 2. The van der Waals surface area contributed by atoms with Crippen LogP contribution in [0.1, 0.15) is 17.3 Å². The Hall–Kier alpha value is -2.93. The van der Waals surface area contributed by atoms with Crippen molar-refractivity contribution in [3.63, 3.8) is 0 Å². The lowest BCUT2D eigenvalue weighted by molar-refractivity contribution is -0.114. The van der Waals surface area contributed by atoms with Gasteiger partial charge in [-0.15, -0.1) is 0 Å². The Kier molecular flexibility index (Phi) is 4.67. The van der Waals surface area contributed by atoms with E-state index in [1.807, 2.05) is 0 Å². The fourth-order valence-electron chi connectivity index (χ4n) is 2.38. The predicted octanol–water partition coefficient (Wildman–Crippen LogP) is 3.29. The molecule has 0 aliphatic carbocycles. The first-order chi connectivity index (χ1) is 12.0. The number of carbonyl (C=O) groups is 2. The summed E-state index contributed by atoms with van der Waals surface area (Å²) in [6.45, 7) is 1.46. The third-order valence-corrected chi connectivity index (χ3v) is 3.74. The van der Waals surface area contributed by atoms with E-state index in [1.54, 1.807) is 24.3 Å². The van der Waals surface area contributed by atoms with Crippen LogP contribution in [-0.4, -0.2) is 25.7 Å². The van der Waals surface area contributed by atoms with Crippen LogP contribution in [0.15, 0.2) is 30.3 Å². The number of rotatable bonds is 4. The maximum absolute atomic E-state index is 12.6. The zero-order chi connectivity index (χ0) is 18.0. The van der Waals surface area contributed by atoms with Crippen LogP contribution < -0.4 is 24.8 Å². The van der Waals surface area contributed by atoms with Crippen molar-refractivity contribution in [3.05, 3.63) is 40.9 Å². The maximum Gasteiger partial charge on any atom is 0.255 e. The molecule has 130 valence electrons. The first-order valence-electron chi connectivity index (χ1n) is 7.34. The molecule has 2 aromatic carbocycles. The van der Waals surface area contributed by atoms with Gasteiger partial charge in [-0.25, -0.2) is 0 Å². The molecule has 0 unspecified atom stereocenters. The van der Waals surface area contributed by atoms with Crippen molar-refractivity contribution < 1.29 is 23.8 Å². The van der Waals surface area contributed by atoms with Crippen LogP contribution >= 0.6 is 11.6 Å². The molecule has 8 heteroatoms. The van der Waals surface area contributed by atoms with E-state index in [-0.39, 0.29) is 12.7 Å². The van der Waals surface area contributed by atoms with E-state index in [4.69, 9.17) is 25.8 Å². The van der Waals surface area contributed by atoms with Gasteiger partial charge in [0.25, 0.3) is 5.91 Å². The first kappa shape index (κ1) is 16.9. The number of anilines is 2. The van der Waals surface area contributed by atoms with Crippen LogP contribution in [0.5, 0.6) is 17.2 Å². The van der Waals surface area contributed by atoms with E-state index in [9.17, 15) is 9.59 Å². The highest BCUT2D eigenvalue weighted by Gasteiger charge is 2.21. The van der Waals surface area contributed by atoms with Gasteiger partial charge in [0.2, 0.25) is 12.7 Å². The van der Waals surface area contributed by atoms with Gasteiger partial charge in [0, 0.05) is 18.2 Å². The number of nitrogens with one attached hydrogen (secondary N) is 2. The SMILES string of the molecule is COc1ccc(NC(C)=O)cc1NC(=O)c1cc(Cl)c2c(c1)OCO2. The summed E-state index contributed by atoms with van der Waals surface area (Å²) in [5, 5.41) is 5.68. The van der Waals surface area contributed by atoms with Crippen molar-refractivity contribution in [2.45, 2.75) is 6.92 Å². The molecule has 2 aromatic rings. The summed E-state index contributed by atoms with van der Waals surface area (Å²) in [5.41, 5.74) is 1.25. The van der Waals surface area contributed by atoms with Crippen molar-refractivity contribution in [2.75, 3.05) is 24.5 Å². The number of fused-ring (bicyclic) bond motifs is 1. The Labute approximate surface area is 148 Å². The van der Waals surface area contributed by atoms with Gasteiger partial charge in [-0.2, -0.15) is 0 Å². The maximum atomic E-state index is 12.6. The average Bonchev–Trinajstić information content (AvgIpc) is 3.03. The Morgan fingerprint density at radius 2 is 1.96 bits per heavy atom. The highest BCUT2D eigenvalue weighted by molar-refractivity contribution is 6.33. The van der Waals surface area contributed by atoms with Crippen LogP contribution in [0.25, 0.3) is 0 Å². The van der Waals surface area contributed by atoms with Crippen molar-refractivity contribution in [1.82, 2.24) is 0 Å². The molecule has 0 bridgehead atoms. The summed E-state index contributed by atoms with van der Waals surface area (Å²) in [7, 11) is 1.49. The molecule has 2 N–H and O–H groups in total. The second-order valence-electron chi connectivity index (χ2n) is 5.24. The topological polar surface area (TPSA) is 85.9 Å². The van der Waals surface area contributed by atoms with Gasteiger partial charge < -0.3 is 24.8 Å². The highest BCUT2D eigenvalue weighted by Crippen LogP contribution is 2.40. The number of carbonyl (C=O) groups excluding carboxylic acids is 2. The molecule has 0 aromatic heterocycles. The van der Waals surface area contributed by atoms with E-state index >= 15 is 0 Å². The van der Waals surface area contributed by atoms with E-state index in [0.717, 1.165) is 0 Å². The Morgan fingerprint density at radius 1 is 1.16 bits per heavy atom. The van der Waals surface area contributed by atoms with E-state index < -0.39 is 5.91 Å². The Bertz CT molecular complexity index is 853. The molecular weight excluding hydrogens is 348 g/mol. The number of ether oxygens (including phenoxy) is 3. The molecule has 1 aliphatic heterocycles. The van der Waals surface area contributed by atoms with Crippen LogP contribution in [0.4, 0.5) is 11.4 Å². The molecule has 25 heavy (non-hydrogen) atoms. The smallest absolute Gasteiger partial charge is 0.255 e. The van der Waals surface area contributed by atoms with Gasteiger partial charge in [-0.3, -0.25) is 9.59 Å². The summed E-state index contributed by atoms with van der Waals surface area (Å²) >= 11 is 6.11. The molecular formula is C17H15ClN2O5. The van der Waals surface area contributed by atoms with Gasteiger partial charge in [-0.1, -0.05) is 11.6 Å². The molecule has 3 rings (SSSR count). The zero-order valence-corrected chi connectivity index (χ0v) is 14.3. The zero-order valence-electron chi connectivity index (χ0n) is 13.5. The van der Waals surface area contributed by atoms with Crippen LogP contribution in [0, 0.1) is 0 Å². The van der Waals surface area contributed by atoms with Gasteiger partial charge >= 0.3 is 0 Å². The standard InChI is InChI=1S/C17H15ClN2O5/c1-9(21)19-11-3-4-14(23-2)13(7-11)20-17(22)10-5-12(18)16-15(6-10)24-8-25-16/h3-7H,8H2,1-2H3,(H,19,21)(H,20,22). The molecule has 0 spiro atoms.